The standard InChI is InChI=1S/C12H26N2O2S/c1-4-17(15,16)10-7-13-12-5-8-14(9-6-12)11(2)3/h11-13H,4-10H2,1-3H3. The Hall–Kier alpha value is -0.130. The molecule has 0 radical (unpaired) electrons. The third kappa shape index (κ3) is 5.36. The zero-order valence-electron chi connectivity index (χ0n) is 11.3. The highest BCUT2D eigenvalue weighted by atomic mass is 32.2. The maximum absolute atomic E-state index is 11.3. The summed E-state index contributed by atoms with van der Waals surface area (Å²) in [5, 5.41) is 3.37. The van der Waals surface area contributed by atoms with Gasteiger partial charge in [-0.25, -0.2) is 8.42 Å². The van der Waals surface area contributed by atoms with Crippen LogP contribution in [0.3, 0.4) is 0 Å². The van der Waals surface area contributed by atoms with Crippen LogP contribution < -0.4 is 5.32 Å². The molecule has 0 aromatic rings. The van der Waals surface area contributed by atoms with Gasteiger partial charge in [0.15, 0.2) is 9.84 Å². The zero-order valence-corrected chi connectivity index (χ0v) is 12.1. The van der Waals surface area contributed by atoms with Crippen LogP contribution in [0.5, 0.6) is 0 Å². The summed E-state index contributed by atoms with van der Waals surface area (Å²) in [4.78, 5) is 2.47. The van der Waals surface area contributed by atoms with Gasteiger partial charge in [-0.15, -0.1) is 0 Å². The van der Waals surface area contributed by atoms with E-state index in [-0.39, 0.29) is 11.5 Å². The Labute approximate surface area is 106 Å². The minimum absolute atomic E-state index is 0.250. The number of nitrogens with zero attached hydrogens (tertiary/aromatic N) is 1. The van der Waals surface area contributed by atoms with E-state index in [0.717, 1.165) is 25.9 Å². The average Bonchev–Trinajstić information content (AvgIpc) is 2.29. The molecule has 102 valence electrons. The molecule has 1 fully saturated rings. The van der Waals surface area contributed by atoms with E-state index in [2.05, 4.69) is 24.1 Å². The molecular weight excluding hydrogens is 236 g/mol. The highest BCUT2D eigenvalue weighted by Crippen LogP contribution is 2.12. The molecule has 0 atom stereocenters. The Kier molecular flexibility index (Phi) is 5.89. The van der Waals surface area contributed by atoms with Gasteiger partial charge in [0, 0.05) is 24.4 Å². The van der Waals surface area contributed by atoms with Crippen molar-refractivity contribution >= 4 is 9.84 Å². The van der Waals surface area contributed by atoms with Crippen LogP contribution >= 0.6 is 0 Å². The Morgan fingerprint density at radius 2 is 1.88 bits per heavy atom. The van der Waals surface area contributed by atoms with Crippen LogP contribution in [-0.4, -0.2) is 56.5 Å². The molecule has 0 spiro atoms. The number of sulfone groups is 1. The number of rotatable bonds is 6. The summed E-state index contributed by atoms with van der Waals surface area (Å²) in [5.74, 6) is 0.522. The minimum atomic E-state index is -2.82. The molecule has 0 amide bonds. The summed E-state index contributed by atoms with van der Waals surface area (Å²) in [7, 11) is -2.82. The van der Waals surface area contributed by atoms with Crippen molar-refractivity contribution in [3.63, 3.8) is 0 Å². The van der Waals surface area contributed by atoms with Crippen LogP contribution in [0.2, 0.25) is 0 Å². The predicted octanol–water partition coefficient (Wildman–Crippen LogP) is 0.884. The summed E-state index contributed by atoms with van der Waals surface area (Å²) < 4.78 is 22.7. The van der Waals surface area contributed by atoms with Gasteiger partial charge < -0.3 is 10.2 Å². The second kappa shape index (κ2) is 6.71. The van der Waals surface area contributed by atoms with Crippen LogP contribution in [0.4, 0.5) is 0 Å². The van der Waals surface area contributed by atoms with Crippen LogP contribution in [0.1, 0.15) is 33.6 Å². The molecule has 0 saturated carbocycles. The van der Waals surface area contributed by atoms with E-state index in [4.69, 9.17) is 0 Å². The second-order valence-electron chi connectivity index (χ2n) is 5.09. The third-order valence-corrected chi connectivity index (χ3v) is 5.25. The van der Waals surface area contributed by atoms with Gasteiger partial charge in [0.1, 0.15) is 0 Å². The largest absolute Gasteiger partial charge is 0.313 e. The van der Waals surface area contributed by atoms with Gasteiger partial charge in [-0.2, -0.15) is 0 Å². The Morgan fingerprint density at radius 1 is 1.29 bits per heavy atom. The summed E-state index contributed by atoms with van der Waals surface area (Å²) in [6.07, 6.45) is 2.26. The number of piperidine rings is 1. The predicted molar refractivity (Wildman–Crippen MR) is 72.1 cm³/mol. The molecule has 17 heavy (non-hydrogen) atoms. The lowest BCUT2D eigenvalue weighted by atomic mass is 10.0. The van der Waals surface area contributed by atoms with E-state index in [0.29, 0.717) is 18.6 Å². The van der Waals surface area contributed by atoms with Crippen molar-refractivity contribution in [3.8, 4) is 0 Å². The van der Waals surface area contributed by atoms with E-state index in [1.165, 1.54) is 0 Å². The van der Waals surface area contributed by atoms with Crippen molar-refractivity contribution in [1.82, 2.24) is 10.2 Å². The van der Waals surface area contributed by atoms with Crippen molar-refractivity contribution in [2.45, 2.75) is 45.7 Å². The van der Waals surface area contributed by atoms with Gasteiger partial charge in [0.2, 0.25) is 0 Å². The van der Waals surface area contributed by atoms with Crippen molar-refractivity contribution < 1.29 is 8.42 Å². The summed E-state index contributed by atoms with van der Waals surface area (Å²) in [6.45, 7) is 8.99. The smallest absolute Gasteiger partial charge is 0.151 e. The first-order valence-corrected chi connectivity index (χ1v) is 8.44. The quantitative estimate of drug-likeness (QED) is 0.772. The van der Waals surface area contributed by atoms with Crippen LogP contribution in [0.25, 0.3) is 0 Å². The number of hydrogen-bond donors (Lipinski definition) is 1. The molecule has 0 unspecified atom stereocenters. The lowest BCUT2D eigenvalue weighted by Gasteiger charge is -2.35. The fourth-order valence-electron chi connectivity index (χ4n) is 2.18. The first-order valence-electron chi connectivity index (χ1n) is 6.62. The molecule has 1 rings (SSSR count). The Bertz CT molecular complexity index is 306. The third-order valence-electron chi connectivity index (χ3n) is 3.55. The van der Waals surface area contributed by atoms with Crippen molar-refractivity contribution in [2.24, 2.45) is 0 Å². The van der Waals surface area contributed by atoms with E-state index in [9.17, 15) is 8.42 Å². The van der Waals surface area contributed by atoms with Gasteiger partial charge >= 0.3 is 0 Å². The van der Waals surface area contributed by atoms with Crippen LogP contribution in [0.15, 0.2) is 0 Å². The molecule has 4 nitrogen and oxygen atoms in total. The molecule has 1 saturated heterocycles. The van der Waals surface area contributed by atoms with E-state index in [1.807, 2.05) is 0 Å². The summed E-state index contributed by atoms with van der Waals surface area (Å²) in [6, 6.07) is 1.12. The maximum atomic E-state index is 11.3. The average molecular weight is 262 g/mol. The van der Waals surface area contributed by atoms with Crippen LogP contribution in [-0.2, 0) is 9.84 Å². The second-order valence-corrected chi connectivity index (χ2v) is 7.57. The molecule has 0 bridgehead atoms. The van der Waals surface area contributed by atoms with E-state index < -0.39 is 9.84 Å². The number of nitrogens with one attached hydrogen (secondary N) is 1. The topological polar surface area (TPSA) is 49.4 Å². The fourth-order valence-corrected chi connectivity index (χ4v) is 2.90. The monoisotopic (exact) mass is 262 g/mol. The van der Waals surface area contributed by atoms with E-state index in [1.54, 1.807) is 6.92 Å². The normalized spacial score (nSPS) is 20.0. The molecule has 0 aromatic heterocycles. The highest BCUT2D eigenvalue weighted by Gasteiger charge is 2.20. The van der Waals surface area contributed by atoms with Gasteiger partial charge in [-0.1, -0.05) is 6.92 Å². The Morgan fingerprint density at radius 3 is 2.35 bits per heavy atom. The first-order chi connectivity index (χ1) is 7.94. The fraction of sp³-hybridized carbons (Fsp3) is 1.00. The van der Waals surface area contributed by atoms with Gasteiger partial charge in [0.25, 0.3) is 0 Å². The van der Waals surface area contributed by atoms with Gasteiger partial charge in [-0.3, -0.25) is 0 Å². The number of likely N-dealkylation sites (tertiary alicyclic amines) is 1. The zero-order chi connectivity index (χ0) is 12.9. The minimum Gasteiger partial charge on any atom is -0.313 e. The molecular formula is C12H26N2O2S. The Balaban J connectivity index is 2.19. The maximum Gasteiger partial charge on any atom is 0.151 e. The van der Waals surface area contributed by atoms with Gasteiger partial charge in [-0.05, 0) is 39.8 Å². The van der Waals surface area contributed by atoms with E-state index >= 15 is 0 Å². The summed E-state index contributed by atoms with van der Waals surface area (Å²) in [5.41, 5.74) is 0. The van der Waals surface area contributed by atoms with Crippen molar-refractivity contribution in [2.75, 3.05) is 31.1 Å². The molecule has 1 heterocycles. The summed E-state index contributed by atoms with van der Waals surface area (Å²) >= 11 is 0. The molecule has 0 aliphatic carbocycles. The molecule has 1 aliphatic rings. The lowest BCUT2D eigenvalue weighted by Crippen LogP contribution is -2.45. The van der Waals surface area contributed by atoms with Crippen molar-refractivity contribution in [3.05, 3.63) is 0 Å². The van der Waals surface area contributed by atoms with Gasteiger partial charge in [0.05, 0.1) is 5.75 Å². The highest BCUT2D eigenvalue weighted by molar-refractivity contribution is 7.91. The lowest BCUT2D eigenvalue weighted by molar-refractivity contribution is 0.162. The van der Waals surface area contributed by atoms with Crippen LogP contribution in [0, 0.1) is 0 Å². The molecule has 5 heteroatoms. The molecule has 0 aromatic carbocycles. The first kappa shape index (κ1) is 14.9. The molecule has 1 aliphatic heterocycles. The van der Waals surface area contributed by atoms with Crippen molar-refractivity contribution in [1.29, 1.82) is 0 Å². The number of hydrogen-bond acceptors (Lipinski definition) is 4. The molecule has 1 N–H and O–H groups in total. The SMILES string of the molecule is CCS(=O)(=O)CCNC1CCN(C(C)C)CC1.